The van der Waals surface area contributed by atoms with Crippen molar-refractivity contribution in [3.05, 3.63) is 30.5 Å². The quantitative estimate of drug-likeness (QED) is 0.798. The molecule has 3 nitrogen and oxygen atoms in total. The van der Waals surface area contributed by atoms with E-state index in [0.717, 1.165) is 12.3 Å². The van der Waals surface area contributed by atoms with Gasteiger partial charge in [-0.2, -0.15) is 0 Å². The molecule has 0 aliphatic heterocycles. The number of ether oxygens (including phenoxy) is 1. The molecule has 0 aliphatic rings. The number of aromatic nitrogens is 1. The highest BCUT2D eigenvalue weighted by atomic mass is 16.5. The van der Waals surface area contributed by atoms with Crippen molar-refractivity contribution in [2.75, 3.05) is 13.7 Å². The van der Waals surface area contributed by atoms with Gasteiger partial charge >= 0.3 is 0 Å². The summed E-state index contributed by atoms with van der Waals surface area (Å²) < 4.78 is 7.31. The van der Waals surface area contributed by atoms with Crippen molar-refractivity contribution in [2.45, 2.75) is 6.54 Å². The first kappa shape index (κ1) is 9.09. The second kappa shape index (κ2) is 3.72. The number of nitrogens with two attached hydrogens (primary N) is 1. The van der Waals surface area contributed by atoms with E-state index in [9.17, 15) is 0 Å². The maximum absolute atomic E-state index is 5.52. The third-order valence-electron chi connectivity index (χ3n) is 2.35. The summed E-state index contributed by atoms with van der Waals surface area (Å²) in [6.45, 7) is 1.52. The predicted octanol–water partition coefficient (Wildman–Crippen LogP) is 1.61. The third kappa shape index (κ3) is 1.46. The molecule has 74 valence electrons. The second-order valence-electron chi connectivity index (χ2n) is 3.22. The van der Waals surface area contributed by atoms with Crippen LogP contribution in [0.25, 0.3) is 10.9 Å². The van der Waals surface area contributed by atoms with Crippen LogP contribution in [0.5, 0.6) is 5.75 Å². The molecule has 0 aliphatic carbocycles. The molecule has 0 amide bonds. The summed E-state index contributed by atoms with van der Waals surface area (Å²) in [5, 5.41) is 1.19. The molecule has 3 heteroatoms. The highest BCUT2D eigenvalue weighted by molar-refractivity contribution is 5.81. The zero-order valence-electron chi connectivity index (χ0n) is 8.23. The zero-order chi connectivity index (χ0) is 9.97. The van der Waals surface area contributed by atoms with Crippen molar-refractivity contribution in [1.29, 1.82) is 0 Å². The van der Waals surface area contributed by atoms with Crippen LogP contribution in [0.1, 0.15) is 0 Å². The Bertz CT molecular complexity index is 434. The summed E-state index contributed by atoms with van der Waals surface area (Å²) in [5.41, 5.74) is 6.73. The molecule has 2 aromatic rings. The number of hydrogen-bond acceptors (Lipinski definition) is 2. The van der Waals surface area contributed by atoms with Gasteiger partial charge in [0.2, 0.25) is 0 Å². The summed E-state index contributed by atoms with van der Waals surface area (Å²) in [4.78, 5) is 0. The van der Waals surface area contributed by atoms with Crippen LogP contribution in [0.3, 0.4) is 0 Å². The van der Waals surface area contributed by atoms with Gasteiger partial charge in [0.1, 0.15) is 5.75 Å². The fraction of sp³-hybridized carbons (Fsp3) is 0.273. The molecule has 1 aromatic carbocycles. The van der Waals surface area contributed by atoms with E-state index in [0.29, 0.717) is 6.54 Å². The largest absolute Gasteiger partial charge is 0.497 e. The number of hydrogen-bond donors (Lipinski definition) is 1. The molecular formula is C11H14N2O. The Labute approximate surface area is 83.1 Å². The summed E-state index contributed by atoms with van der Waals surface area (Å²) in [5.74, 6) is 0.892. The Kier molecular flexibility index (Phi) is 2.41. The average molecular weight is 190 g/mol. The van der Waals surface area contributed by atoms with E-state index >= 15 is 0 Å². The van der Waals surface area contributed by atoms with Gasteiger partial charge in [-0.25, -0.2) is 0 Å². The fourth-order valence-electron chi connectivity index (χ4n) is 1.64. The molecule has 1 aromatic heterocycles. The Morgan fingerprint density at radius 1 is 1.36 bits per heavy atom. The third-order valence-corrected chi connectivity index (χ3v) is 2.35. The zero-order valence-corrected chi connectivity index (χ0v) is 8.23. The van der Waals surface area contributed by atoms with Crippen molar-refractivity contribution in [1.82, 2.24) is 4.57 Å². The van der Waals surface area contributed by atoms with Gasteiger partial charge in [-0.15, -0.1) is 0 Å². The lowest BCUT2D eigenvalue weighted by molar-refractivity contribution is 0.415. The maximum atomic E-state index is 5.52. The summed E-state index contributed by atoms with van der Waals surface area (Å²) >= 11 is 0. The Morgan fingerprint density at radius 2 is 2.21 bits per heavy atom. The van der Waals surface area contributed by atoms with E-state index in [1.165, 1.54) is 10.9 Å². The normalized spacial score (nSPS) is 10.7. The van der Waals surface area contributed by atoms with Crippen molar-refractivity contribution in [3.8, 4) is 5.75 Å². The van der Waals surface area contributed by atoms with Crippen LogP contribution < -0.4 is 10.5 Å². The van der Waals surface area contributed by atoms with E-state index in [1.807, 2.05) is 12.1 Å². The minimum Gasteiger partial charge on any atom is -0.497 e. The molecule has 14 heavy (non-hydrogen) atoms. The van der Waals surface area contributed by atoms with E-state index < -0.39 is 0 Å². The van der Waals surface area contributed by atoms with Gasteiger partial charge in [0.05, 0.1) is 7.11 Å². The minimum absolute atomic E-state index is 0.663. The van der Waals surface area contributed by atoms with Gasteiger partial charge in [0.15, 0.2) is 0 Å². The second-order valence-corrected chi connectivity index (χ2v) is 3.22. The van der Waals surface area contributed by atoms with Crippen LogP contribution in [-0.4, -0.2) is 18.2 Å². The van der Waals surface area contributed by atoms with Gasteiger partial charge in [0, 0.05) is 30.2 Å². The molecule has 0 saturated heterocycles. The number of methoxy groups -OCH3 is 1. The smallest absolute Gasteiger partial charge is 0.119 e. The number of nitrogens with zero attached hydrogens (tertiary/aromatic N) is 1. The van der Waals surface area contributed by atoms with Crippen molar-refractivity contribution >= 4 is 10.9 Å². The van der Waals surface area contributed by atoms with Gasteiger partial charge in [-0.1, -0.05) is 0 Å². The van der Waals surface area contributed by atoms with E-state index in [4.69, 9.17) is 10.5 Å². The number of benzene rings is 1. The minimum atomic E-state index is 0.663. The fourth-order valence-corrected chi connectivity index (χ4v) is 1.64. The lowest BCUT2D eigenvalue weighted by Crippen LogP contribution is -2.08. The molecule has 0 radical (unpaired) electrons. The first-order chi connectivity index (χ1) is 6.85. The molecule has 1 heterocycles. The van der Waals surface area contributed by atoms with Gasteiger partial charge in [0.25, 0.3) is 0 Å². The first-order valence-electron chi connectivity index (χ1n) is 4.68. The molecule has 2 rings (SSSR count). The Balaban J connectivity index is 2.48. The summed E-state index contributed by atoms with van der Waals surface area (Å²) in [6.07, 6.45) is 2.05. The van der Waals surface area contributed by atoms with Gasteiger partial charge in [-0.3, -0.25) is 0 Å². The molecule has 0 fully saturated rings. The van der Waals surface area contributed by atoms with Crippen LogP contribution in [0.4, 0.5) is 0 Å². The predicted molar refractivity (Wildman–Crippen MR) is 57.5 cm³/mol. The van der Waals surface area contributed by atoms with Crippen LogP contribution in [0.2, 0.25) is 0 Å². The Hall–Kier alpha value is -1.48. The molecule has 0 atom stereocenters. The SMILES string of the molecule is COc1ccc2c(ccn2CCN)c1. The number of rotatable bonds is 3. The van der Waals surface area contributed by atoms with E-state index in [1.54, 1.807) is 7.11 Å². The maximum Gasteiger partial charge on any atom is 0.119 e. The van der Waals surface area contributed by atoms with Crippen molar-refractivity contribution in [2.24, 2.45) is 5.73 Å². The molecule has 0 saturated carbocycles. The molecule has 0 bridgehead atoms. The van der Waals surface area contributed by atoms with Crippen LogP contribution >= 0.6 is 0 Å². The van der Waals surface area contributed by atoms with Crippen molar-refractivity contribution in [3.63, 3.8) is 0 Å². The lowest BCUT2D eigenvalue weighted by atomic mass is 10.2. The van der Waals surface area contributed by atoms with Gasteiger partial charge in [-0.05, 0) is 24.3 Å². The monoisotopic (exact) mass is 190 g/mol. The van der Waals surface area contributed by atoms with Crippen molar-refractivity contribution < 1.29 is 4.74 Å². The highest BCUT2D eigenvalue weighted by Crippen LogP contribution is 2.21. The first-order valence-corrected chi connectivity index (χ1v) is 4.68. The van der Waals surface area contributed by atoms with E-state index in [-0.39, 0.29) is 0 Å². The Morgan fingerprint density at radius 3 is 2.93 bits per heavy atom. The molecule has 0 unspecified atom stereocenters. The highest BCUT2D eigenvalue weighted by Gasteiger charge is 2.00. The van der Waals surface area contributed by atoms with Crippen LogP contribution in [0, 0.1) is 0 Å². The van der Waals surface area contributed by atoms with Crippen LogP contribution in [0.15, 0.2) is 30.5 Å². The van der Waals surface area contributed by atoms with Gasteiger partial charge < -0.3 is 15.0 Å². The molecule has 2 N–H and O–H groups in total. The lowest BCUT2D eigenvalue weighted by Gasteiger charge is -2.03. The molecular weight excluding hydrogens is 176 g/mol. The number of fused-ring (bicyclic) bond motifs is 1. The molecule has 0 spiro atoms. The topological polar surface area (TPSA) is 40.2 Å². The average Bonchev–Trinajstić information content (AvgIpc) is 2.61. The van der Waals surface area contributed by atoms with Crippen LogP contribution in [-0.2, 0) is 6.54 Å². The summed E-state index contributed by atoms with van der Waals surface area (Å²) in [7, 11) is 1.68. The van der Waals surface area contributed by atoms with E-state index in [2.05, 4.69) is 22.9 Å². The summed E-state index contributed by atoms with van der Waals surface area (Å²) in [6, 6.07) is 8.13. The standard InChI is InChI=1S/C11H14N2O/c1-14-10-2-3-11-9(8-10)4-6-13(11)7-5-12/h2-4,6,8H,5,7,12H2,1H3.